The molecule has 3 heterocycles. The van der Waals surface area contributed by atoms with Gasteiger partial charge in [-0.15, -0.1) is 0 Å². The molecule has 0 unspecified atom stereocenters. The van der Waals surface area contributed by atoms with Crippen LogP contribution in [0.1, 0.15) is 12.5 Å². The summed E-state index contributed by atoms with van der Waals surface area (Å²) < 4.78 is 70.0. The molecule has 1 saturated heterocycles. The molecule has 0 saturated carbocycles. The van der Waals surface area contributed by atoms with Crippen molar-refractivity contribution in [3.8, 4) is 16.9 Å². The number of alkyl halides is 1. The smallest absolute Gasteiger partial charge is 0.355 e. The Morgan fingerprint density at radius 1 is 1.11 bits per heavy atom. The number of anilines is 2. The molecule has 2 aromatic carbocycles. The summed E-state index contributed by atoms with van der Waals surface area (Å²) in [6.45, 7) is 3.17. The molecule has 1 aliphatic heterocycles. The number of carbonyl (C=O) groups is 1. The van der Waals surface area contributed by atoms with Crippen LogP contribution in [0.15, 0.2) is 64.3 Å². The molecule has 44 heavy (non-hydrogen) atoms. The summed E-state index contributed by atoms with van der Waals surface area (Å²) in [6, 6.07) is 8.93. The summed E-state index contributed by atoms with van der Waals surface area (Å²) in [5.74, 6) is -2.12. The van der Waals surface area contributed by atoms with E-state index in [1.165, 1.54) is 29.2 Å². The number of halogens is 3. The lowest BCUT2D eigenvalue weighted by atomic mass is 10.1. The Balaban J connectivity index is 1.80. The molecule has 2 aromatic heterocycles. The van der Waals surface area contributed by atoms with Crippen LogP contribution in [0.25, 0.3) is 28.0 Å². The monoisotopic (exact) mass is 626 g/mol. The fraction of sp³-hybridized carbons (Fsp3) is 0.267. The molecule has 2 N–H and O–H groups in total. The zero-order chi connectivity index (χ0) is 31.9. The highest BCUT2D eigenvalue weighted by Crippen LogP contribution is 2.35. The molecule has 230 valence electrons. The van der Waals surface area contributed by atoms with E-state index >= 15 is 4.39 Å². The van der Waals surface area contributed by atoms with Crippen molar-refractivity contribution in [3.05, 3.63) is 82.3 Å². The molecular weight excluding hydrogens is 597 g/mol. The molecule has 1 amide bonds. The number of benzene rings is 2. The Morgan fingerprint density at radius 3 is 2.50 bits per heavy atom. The summed E-state index contributed by atoms with van der Waals surface area (Å²) in [6.07, 6.45) is 3.25. The van der Waals surface area contributed by atoms with Gasteiger partial charge in [0, 0.05) is 43.7 Å². The minimum atomic E-state index is -3.88. The third kappa shape index (κ3) is 5.52. The van der Waals surface area contributed by atoms with Crippen LogP contribution in [-0.4, -0.2) is 72.4 Å². The van der Waals surface area contributed by atoms with Crippen LogP contribution < -0.4 is 16.3 Å². The Hall–Kier alpha value is -4.72. The molecule has 10 nitrogen and oxygen atoms in total. The fourth-order valence-corrected chi connectivity index (χ4v) is 6.36. The lowest BCUT2D eigenvalue weighted by Crippen LogP contribution is -2.54. The predicted octanol–water partition coefficient (Wildman–Crippen LogP) is 3.58. The van der Waals surface area contributed by atoms with Crippen LogP contribution in [-0.2, 0) is 14.6 Å². The van der Waals surface area contributed by atoms with E-state index < -0.39 is 45.6 Å². The van der Waals surface area contributed by atoms with Crippen molar-refractivity contribution in [1.29, 1.82) is 0 Å². The van der Waals surface area contributed by atoms with Crippen molar-refractivity contribution in [1.82, 2.24) is 19.4 Å². The predicted molar refractivity (Wildman–Crippen MR) is 161 cm³/mol. The molecular formula is C30H29F3N6O4S. The Morgan fingerprint density at radius 2 is 1.84 bits per heavy atom. The van der Waals surface area contributed by atoms with Gasteiger partial charge in [0.15, 0.2) is 21.3 Å². The van der Waals surface area contributed by atoms with Crippen LogP contribution in [0.4, 0.5) is 24.7 Å². The molecule has 4 aromatic rings. The highest BCUT2D eigenvalue weighted by Gasteiger charge is 2.31. The number of nitrogens with zero attached hydrogens (tertiary/aromatic N) is 5. The molecule has 5 rings (SSSR count). The Kier molecular flexibility index (Phi) is 8.21. The third-order valence-corrected chi connectivity index (χ3v) is 8.60. The van der Waals surface area contributed by atoms with Crippen molar-refractivity contribution in [2.75, 3.05) is 43.2 Å². The number of para-hydroxylation sites is 1. The van der Waals surface area contributed by atoms with E-state index in [0.29, 0.717) is 5.56 Å². The third-order valence-electron chi connectivity index (χ3n) is 7.47. The van der Waals surface area contributed by atoms with E-state index in [4.69, 9.17) is 5.73 Å². The average molecular weight is 627 g/mol. The topological polar surface area (TPSA) is 131 Å². The van der Waals surface area contributed by atoms with Gasteiger partial charge in [-0.05, 0) is 49.8 Å². The highest BCUT2D eigenvalue weighted by molar-refractivity contribution is 7.90. The molecule has 0 bridgehead atoms. The normalized spacial score (nSPS) is 15.8. The zero-order valence-electron chi connectivity index (χ0n) is 24.1. The zero-order valence-corrected chi connectivity index (χ0v) is 24.9. The van der Waals surface area contributed by atoms with E-state index in [1.807, 2.05) is 0 Å². The summed E-state index contributed by atoms with van der Waals surface area (Å²) in [7, 11) is -3.88. The number of piperazine rings is 1. The van der Waals surface area contributed by atoms with Gasteiger partial charge in [0.1, 0.15) is 24.0 Å². The number of aromatic nitrogens is 3. The van der Waals surface area contributed by atoms with Crippen molar-refractivity contribution in [2.24, 2.45) is 0 Å². The molecule has 0 aliphatic carbocycles. The molecule has 1 fully saturated rings. The number of aryl methyl sites for hydroxylation is 1. The quantitative estimate of drug-likeness (QED) is 0.254. The van der Waals surface area contributed by atoms with Crippen LogP contribution >= 0.6 is 0 Å². The molecule has 1 atom stereocenters. The average Bonchev–Trinajstić information content (AvgIpc) is 2.96. The van der Waals surface area contributed by atoms with Crippen LogP contribution in [0.3, 0.4) is 0 Å². The SMILES string of the molecule is Cc1cccc(S(C)(=O)=O)c1-n1c(=O)nc(N2CCN(C(=O)/C=C/CF)C[C@@H]2C)c2cc(F)c(-c3c(N)cccc3F)nc21. The van der Waals surface area contributed by atoms with E-state index in [-0.39, 0.29) is 64.2 Å². The maximum atomic E-state index is 15.9. The second kappa shape index (κ2) is 11.8. The van der Waals surface area contributed by atoms with Crippen LogP contribution in [0.2, 0.25) is 0 Å². The van der Waals surface area contributed by atoms with Crippen LogP contribution in [0.5, 0.6) is 0 Å². The van der Waals surface area contributed by atoms with Crippen molar-refractivity contribution in [2.45, 2.75) is 24.8 Å². The van der Waals surface area contributed by atoms with Gasteiger partial charge in [-0.25, -0.2) is 35.9 Å². The lowest BCUT2D eigenvalue weighted by Gasteiger charge is -2.40. The van der Waals surface area contributed by atoms with Gasteiger partial charge in [0.2, 0.25) is 5.91 Å². The Labute approximate surface area is 251 Å². The minimum Gasteiger partial charge on any atom is -0.398 e. The number of carbonyl (C=O) groups excluding carboxylic acids is 1. The summed E-state index contributed by atoms with van der Waals surface area (Å²) >= 11 is 0. The first-order valence-corrected chi connectivity index (χ1v) is 15.5. The fourth-order valence-electron chi connectivity index (χ4n) is 5.43. The van der Waals surface area contributed by atoms with Gasteiger partial charge < -0.3 is 15.5 Å². The van der Waals surface area contributed by atoms with Crippen molar-refractivity contribution in [3.63, 3.8) is 0 Å². The second-order valence-electron chi connectivity index (χ2n) is 10.5. The number of nitrogens with two attached hydrogens (primary N) is 1. The van der Waals surface area contributed by atoms with E-state index in [9.17, 15) is 26.8 Å². The van der Waals surface area contributed by atoms with Crippen molar-refractivity contribution < 1.29 is 26.4 Å². The maximum Gasteiger partial charge on any atom is 0.355 e. The molecule has 14 heteroatoms. The number of amides is 1. The number of rotatable bonds is 6. The molecule has 0 spiro atoms. The molecule has 1 aliphatic rings. The largest absolute Gasteiger partial charge is 0.398 e. The van der Waals surface area contributed by atoms with Crippen LogP contribution in [0, 0.1) is 18.6 Å². The van der Waals surface area contributed by atoms with Gasteiger partial charge in [0.05, 0.1) is 21.5 Å². The first kappa shape index (κ1) is 30.7. The number of pyridine rings is 1. The highest BCUT2D eigenvalue weighted by atomic mass is 32.2. The standard InChI is InChI=1S/C30H29F3N6O4S/c1-17-7-4-10-23(44(3,42)43)27(17)39-29-19(15-21(33)26(35-29)25-20(32)8-5-9-22(25)34)28(36-30(39)41)38-14-13-37(16-18(38)2)24(40)11-6-12-31/h4-11,15,18H,12-14,16,34H2,1-3H3/b11-6+/t18-/m0/s1. The number of hydrogen-bond donors (Lipinski definition) is 1. The lowest BCUT2D eigenvalue weighted by molar-refractivity contribution is -0.126. The van der Waals surface area contributed by atoms with Crippen molar-refractivity contribution >= 4 is 38.3 Å². The summed E-state index contributed by atoms with van der Waals surface area (Å²) in [5.41, 5.74) is 4.41. The van der Waals surface area contributed by atoms with Gasteiger partial charge in [-0.1, -0.05) is 18.2 Å². The number of nitrogen functional groups attached to an aromatic ring is 1. The number of sulfone groups is 1. The van der Waals surface area contributed by atoms with E-state index in [1.54, 1.807) is 24.8 Å². The summed E-state index contributed by atoms with van der Waals surface area (Å²) in [4.78, 5) is 38.1. The van der Waals surface area contributed by atoms with Gasteiger partial charge in [-0.2, -0.15) is 4.98 Å². The second-order valence-corrected chi connectivity index (χ2v) is 12.5. The maximum absolute atomic E-state index is 15.9. The minimum absolute atomic E-state index is 0.0290. The first-order chi connectivity index (χ1) is 20.8. The Bertz CT molecular complexity index is 1980. The van der Waals surface area contributed by atoms with E-state index in [0.717, 1.165) is 35.1 Å². The van der Waals surface area contributed by atoms with Gasteiger partial charge in [0.25, 0.3) is 0 Å². The summed E-state index contributed by atoms with van der Waals surface area (Å²) in [5, 5.41) is 0.0485. The number of hydrogen-bond acceptors (Lipinski definition) is 8. The van der Waals surface area contributed by atoms with E-state index in [2.05, 4.69) is 9.97 Å². The number of fused-ring (bicyclic) bond motifs is 1. The number of allylic oxidation sites excluding steroid dienone is 1. The van der Waals surface area contributed by atoms with Gasteiger partial charge in [-0.3, -0.25) is 4.79 Å². The molecule has 0 radical (unpaired) electrons. The van der Waals surface area contributed by atoms with Gasteiger partial charge >= 0.3 is 5.69 Å². The first-order valence-electron chi connectivity index (χ1n) is 13.6.